The fraction of sp³-hybridized carbons (Fsp3) is 0.222. The molecule has 0 saturated heterocycles. The van der Waals surface area contributed by atoms with Crippen molar-refractivity contribution < 1.29 is 4.92 Å². The van der Waals surface area contributed by atoms with Crippen molar-refractivity contribution in [3.63, 3.8) is 0 Å². The van der Waals surface area contributed by atoms with Crippen LogP contribution in [0.4, 0.5) is 11.4 Å². The highest BCUT2D eigenvalue weighted by Crippen LogP contribution is 2.52. The minimum absolute atomic E-state index is 0.0230. The Labute approximate surface area is 152 Å². The molecule has 2 aliphatic rings. The van der Waals surface area contributed by atoms with Crippen LogP contribution in [0, 0.1) is 16.0 Å². The van der Waals surface area contributed by atoms with E-state index < -0.39 is 0 Å². The predicted molar refractivity (Wildman–Crippen MR) is 98.6 cm³/mol. The normalized spacial score (nSPS) is 24.2. The molecule has 2 aromatic carbocycles. The topological polar surface area (TPSA) is 55.2 Å². The summed E-state index contributed by atoms with van der Waals surface area (Å²) in [6.45, 7) is 0. The maximum absolute atomic E-state index is 11.5. The van der Waals surface area contributed by atoms with Gasteiger partial charge in [-0.3, -0.25) is 10.1 Å². The number of benzene rings is 2. The third kappa shape index (κ3) is 2.52. The largest absolute Gasteiger partial charge is 0.372 e. The van der Waals surface area contributed by atoms with Crippen LogP contribution in [0.15, 0.2) is 53.0 Å². The number of hydrogen-bond donors (Lipinski definition) is 1. The monoisotopic (exact) mass is 404 g/mol. The van der Waals surface area contributed by atoms with E-state index in [1.54, 1.807) is 0 Å². The SMILES string of the molecule is O=[N+]([O-])c1cc(Cl)cc2c1N[C@H](c1cccc(Br)c1)[C@H]1CC=C[C@H]21. The Morgan fingerprint density at radius 1 is 1.29 bits per heavy atom. The zero-order chi connectivity index (χ0) is 16.8. The number of halogens is 2. The molecule has 0 fully saturated rings. The second-order valence-corrected chi connectivity index (χ2v) is 7.53. The first-order chi connectivity index (χ1) is 11.5. The highest BCUT2D eigenvalue weighted by atomic mass is 79.9. The van der Waals surface area contributed by atoms with E-state index in [0.717, 1.165) is 22.0 Å². The molecule has 0 bridgehead atoms. The molecule has 4 nitrogen and oxygen atoms in total. The van der Waals surface area contributed by atoms with Gasteiger partial charge in [-0.25, -0.2) is 0 Å². The summed E-state index contributed by atoms with van der Waals surface area (Å²) in [5, 5.41) is 15.3. The van der Waals surface area contributed by atoms with Crippen LogP contribution in [0.2, 0.25) is 5.02 Å². The summed E-state index contributed by atoms with van der Waals surface area (Å²) >= 11 is 9.64. The number of anilines is 1. The molecule has 4 rings (SSSR count). The Morgan fingerprint density at radius 3 is 2.88 bits per heavy atom. The van der Waals surface area contributed by atoms with Crippen molar-refractivity contribution in [1.82, 2.24) is 0 Å². The van der Waals surface area contributed by atoms with Gasteiger partial charge in [-0.15, -0.1) is 0 Å². The number of allylic oxidation sites excluding steroid dienone is 2. The van der Waals surface area contributed by atoms with Gasteiger partial charge in [-0.2, -0.15) is 0 Å². The standard InChI is InChI=1S/C18H14BrClN2O2/c19-11-4-1-3-10(7-11)17-14-6-2-5-13(14)15-8-12(20)9-16(22(23)24)18(15)21-17/h1-5,7-9,13-14,17,21H,6H2/t13-,14-,17+/m0/s1. The minimum Gasteiger partial charge on any atom is -0.372 e. The van der Waals surface area contributed by atoms with E-state index in [1.807, 2.05) is 18.2 Å². The Morgan fingerprint density at radius 2 is 2.12 bits per heavy atom. The first-order valence-corrected chi connectivity index (χ1v) is 8.88. The van der Waals surface area contributed by atoms with Crippen LogP contribution in [0.5, 0.6) is 0 Å². The van der Waals surface area contributed by atoms with E-state index in [0.29, 0.717) is 16.6 Å². The molecule has 0 aromatic heterocycles. The van der Waals surface area contributed by atoms with Crippen molar-refractivity contribution in [3.8, 4) is 0 Å². The predicted octanol–water partition coefficient (Wildman–Crippen LogP) is 5.84. The quantitative estimate of drug-likeness (QED) is 0.388. The fourth-order valence-electron chi connectivity index (χ4n) is 3.82. The van der Waals surface area contributed by atoms with E-state index in [9.17, 15) is 10.1 Å². The summed E-state index contributed by atoms with van der Waals surface area (Å²) in [6.07, 6.45) is 5.24. The van der Waals surface area contributed by atoms with E-state index in [4.69, 9.17) is 11.6 Å². The van der Waals surface area contributed by atoms with Gasteiger partial charge >= 0.3 is 0 Å². The molecule has 0 unspecified atom stereocenters. The lowest BCUT2D eigenvalue weighted by Gasteiger charge is -2.37. The third-order valence-corrected chi connectivity index (χ3v) is 5.53. The van der Waals surface area contributed by atoms with Crippen LogP contribution >= 0.6 is 27.5 Å². The fourth-order valence-corrected chi connectivity index (χ4v) is 4.46. The molecule has 0 amide bonds. The molecule has 0 saturated carbocycles. The first-order valence-electron chi connectivity index (χ1n) is 7.71. The number of rotatable bonds is 2. The highest BCUT2D eigenvalue weighted by molar-refractivity contribution is 9.10. The highest BCUT2D eigenvalue weighted by Gasteiger charge is 2.40. The smallest absolute Gasteiger partial charge is 0.294 e. The minimum atomic E-state index is -0.366. The number of nitrogens with zero attached hydrogens (tertiary/aromatic N) is 1. The summed E-state index contributed by atoms with van der Waals surface area (Å²) in [5.74, 6) is 0.465. The molecular formula is C18H14BrClN2O2. The molecule has 6 heteroatoms. The lowest BCUT2D eigenvalue weighted by molar-refractivity contribution is -0.384. The van der Waals surface area contributed by atoms with Gasteiger partial charge in [0.1, 0.15) is 5.69 Å². The Balaban J connectivity index is 1.87. The summed E-state index contributed by atoms with van der Waals surface area (Å²) in [7, 11) is 0. The molecular weight excluding hydrogens is 392 g/mol. The van der Waals surface area contributed by atoms with Gasteiger partial charge in [0.15, 0.2) is 0 Å². The summed E-state index contributed by atoms with van der Waals surface area (Å²) in [4.78, 5) is 11.1. The number of hydrogen-bond acceptors (Lipinski definition) is 3. The van der Waals surface area contributed by atoms with Crippen molar-refractivity contribution in [2.24, 2.45) is 5.92 Å². The van der Waals surface area contributed by atoms with Gasteiger partial charge in [0, 0.05) is 21.5 Å². The molecule has 0 spiro atoms. The van der Waals surface area contributed by atoms with E-state index in [1.165, 1.54) is 6.07 Å². The van der Waals surface area contributed by atoms with Crippen molar-refractivity contribution in [3.05, 3.63) is 79.3 Å². The Kier molecular flexibility index (Phi) is 3.85. The number of fused-ring (bicyclic) bond motifs is 3. The molecule has 122 valence electrons. The first kappa shape index (κ1) is 15.7. The lowest BCUT2D eigenvalue weighted by Crippen LogP contribution is -2.29. The number of nitro benzene ring substituents is 1. The zero-order valence-corrected chi connectivity index (χ0v) is 14.9. The molecule has 3 atom stereocenters. The summed E-state index contributed by atoms with van der Waals surface area (Å²) < 4.78 is 1.00. The van der Waals surface area contributed by atoms with E-state index >= 15 is 0 Å². The van der Waals surface area contributed by atoms with Gasteiger partial charge in [-0.1, -0.05) is 51.8 Å². The van der Waals surface area contributed by atoms with Gasteiger partial charge in [-0.05, 0) is 41.7 Å². The average molecular weight is 406 g/mol. The van der Waals surface area contributed by atoms with Crippen LogP contribution in [-0.4, -0.2) is 4.92 Å². The molecule has 1 aliphatic heterocycles. The van der Waals surface area contributed by atoms with Gasteiger partial charge in [0.25, 0.3) is 5.69 Å². The molecule has 0 radical (unpaired) electrons. The van der Waals surface area contributed by atoms with Crippen molar-refractivity contribution in [2.45, 2.75) is 18.4 Å². The molecule has 1 heterocycles. The zero-order valence-electron chi connectivity index (χ0n) is 12.6. The molecule has 2 aromatic rings. The molecule has 1 aliphatic carbocycles. The molecule has 24 heavy (non-hydrogen) atoms. The van der Waals surface area contributed by atoms with Gasteiger partial charge < -0.3 is 5.32 Å². The van der Waals surface area contributed by atoms with Crippen molar-refractivity contribution in [1.29, 1.82) is 0 Å². The third-order valence-electron chi connectivity index (χ3n) is 4.82. The van der Waals surface area contributed by atoms with Gasteiger partial charge in [0.05, 0.1) is 11.0 Å². The number of nitro groups is 1. The van der Waals surface area contributed by atoms with Crippen LogP contribution < -0.4 is 5.32 Å². The lowest BCUT2D eigenvalue weighted by atomic mass is 9.77. The van der Waals surface area contributed by atoms with Crippen LogP contribution in [0.3, 0.4) is 0 Å². The number of nitrogens with one attached hydrogen (secondary N) is 1. The van der Waals surface area contributed by atoms with E-state index in [2.05, 4.69) is 45.5 Å². The van der Waals surface area contributed by atoms with Crippen LogP contribution in [0.1, 0.15) is 29.5 Å². The average Bonchev–Trinajstić information content (AvgIpc) is 3.03. The van der Waals surface area contributed by atoms with Crippen molar-refractivity contribution >= 4 is 38.9 Å². The summed E-state index contributed by atoms with van der Waals surface area (Å²) in [5.41, 5.74) is 2.66. The van der Waals surface area contributed by atoms with Crippen LogP contribution in [-0.2, 0) is 0 Å². The molecule has 1 N–H and O–H groups in total. The Hall–Kier alpha value is -1.85. The second-order valence-electron chi connectivity index (χ2n) is 6.18. The maximum atomic E-state index is 11.5. The van der Waals surface area contributed by atoms with E-state index in [-0.39, 0.29) is 22.6 Å². The van der Waals surface area contributed by atoms with Crippen LogP contribution in [0.25, 0.3) is 0 Å². The van der Waals surface area contributed by atoms with Gasteiger partial charge in [0.2, 0.25) is 0 Å². The summed E-state index contributed by atoms with van der Waals surface area (Å²) in [6, 6.07) is 11.4. The maximum Gasteiger partial charge on any atom is 0.294 e. The Bertz CT molecular complexity index is 868. The van der Waals surface area contributed by atoms with Crippen molar-refractivity contribution in [2.75, 3.05) is 5.32 Å². The second kappa shape index (κ2) is 5.90.